The second kappa shape index (κ2) is 18.8. The lowest BCUT2D eigenvalue weighted by Gasteiger charge is -2.31. The van der Waals surface area contributed by atoms with E-state index in [1.165, 1.54) is 31.1 Å². The lowest BCUT2D eigenvalue weighted by Crippen LogP contribution is -2.59. The smallest absolute Gasteiger partial charge is 0.328 e. The predicted octanol–water partition coefficient (Wildman–Crippen LogP) is -2.10. The van der Waals surface area contributed by atoms with Crippen molar-refractivity contribution in [1.29, 1.82) is 0 Å². The number of aliphatic carboxylic acids is 1. The van der Waals surface area contributed by atoms with Crippen molar-refractivity contribution in [1.82, 2.24) is 20.9 Å². The van der Waals surface area contributed by atoms with Crippen LogP contribution in [0.1, 0.15) is 52.0 Å². The summed E-state index contributed by atoms with van der Waals surface area (Å²) in [6.07, 6.45) is -1.10. The number of aliphatic imine (C=N–C) groups is 1. The molecule has 7 atom stereocenters. The van der Waals surface area contributed by atoms with Gasteiger partial charge in [0, 0.05) is 33.0 Å². The Kier molecular flexibility index (Phi) is 15.5. The summed E-state index contributed by atoms with van der Waals surface area (Å²) in [5, 5.41) is 36.7. The molecule has 1 aromatic carbocycles. The Bertz CT molecular complexity index is 1290. The third kappa shape index (κ3) is 12.3. The van der Waals surface area contributed by atoms with Gasteiger partial charge in [0.25, 0.3) is 0 Å². The number of rotatable bonds is 18. The molecule has 17 nitrogen and oxygen atoms in total. The van der Waals surface area contributed by atoms with Gasteiger partial charge in [-0.3, -0.25) is 24.2 Å². The van der Waals surface area contributed by atoms with Crippen molar-refractivity contribution in [2.24, 2.45) is 28.1 Å². The molecule has 1 heterocycles. The van der Waals surface area contributed by atoms with Gasteiger partial charge in [0.05, 0.1) is 18.2 Å². The highest BCUT2D eigenvalue weighted by atomic mass is 16.5. The topological polar surface area (TPSA) is 285 Å². The first-order chi connectivity index (χ1) is 22.5. The SMILES string of the molecule is CO[C@@H]1C[C@@H](C(=O)N[C@H](C(=O)O)[C@@H](C)O)N(C(=O)[C@H](CC(C)C)NC(=O)[C@H](Cc2ccc(O)cc2)NC(=O)[C@@H](N)CCCN=C(N)N)C1. The van der Waals surface area contributed by atoms with Crippen LogP contribution in [0.3, 0.4) is 0 Å². The second-order valence-electron chi connectivity index (χ2n) is 12.3. The van der Waals surface area contributed by atoms with E-state index < -0.39 is 72.0 Å². The van der Waals surface area contributed by atoms with E-state index in [1.807, 2.05) is 13.8 Å². The molecule has 1 aliphatic heterocycles. The molecule has 12 N–H and O–H groups in total. The lowest BCUT2D eigenvalue weighted by molar-refractivity contribution is -0.147. The number of likely N-dealkylation sites (tertiary alicyclic amines) is 1. The molecule has 48 heavy (non-hydrogen) atoms. The van der Waals surface area contributed by atoms with Gasteiger partial charge in [-0.1, -0.05) is 26.0 Å². The molecule has 0 unspecified atom stereocenters. The number of nitrogens with zero attached hydrogens (tertiary/aromatic N) is 2. The standard InChI is InChI=1S/C31H50N8O9/c1-16(2)12-23(29(45)39-15-20(48-4)14-24(39)28(44)38-25(17(3)40)30(46)47)37-27(43)22(13-18-7-9-19(41)10-8-18)36-26(42)21(32)6-5-11-35-31(33)34/h7-10,16-17,20-25,40-41H,5-6,11-15,32H2,1-4H3,(H,36,42)(H,37,43)(H,38,44)(H,46,47)(H4,33,34,35)/t17-,20-,21+,22+,23+,24+,25+/m1/s1. The molecule has 4 amide bonds. The first-order valence-electron chi connectivity index (χ1n) is 15.8. The van der Waals surface area contributed by atoms with Gasteiger partial charge in [-0.2, -0.15) is 0 Å². The van der Waals surface area contributed by atoms with Crippen LogP contribution in [0.4, 0.5) is 0 Å². The largest absolute Gasteiger partial charge is 0.508 e. The van der Waals surface area contributed by atoms with E-state index in [0.717, 1.165) is 0 Å². The van der Waals surface area contributed by atoms with Crippen molar-refractivity contribution in [3.8, 4) is 5.75 Å². The Balaban J connectivity index is 2.32. The number of aliphatic hydroxyl groups excluding tert-OH is 1. The minimum Gasteiger partial charge on any atom is -0.508 e. The van der Waals surface area contributed by atoms with Crippen molar-refractivity contribution < 1.29 is 44.0 Å². The molecule has 1 aliphatic rings. The van der Waals surface area contributed by atoms with Crippen LogP contribution in [-0.4, -0.2) is 118 Å². The predicted molar refractivity (Wildman–Crippen MR) is 175 cm³/mol. The Labute approximate surface area is 279 Å². The van der Waals surface area contributed by atoms with Crippen LogP contribution in [0.25, 0.3) is 0 Å². The first-order valence-corrected chi connectivity index (χ1v) is 15.8. The molecular weight excluding hydrogens is 628 g/mol. The molecular formula is C31H50N8O9. The van der Waals surface area contributed by atoms with Gasteiger partial charge in [-0.15, -0.1) is 0 Å². The number of ether oxygens (including phenoxy) is 1. The zero-order valence-electron chi connectivity index (χ0n) is 27.8. The van der Waals surface area contributed by atoms with Crippen LogP contribution < -0.4 is 33.2 Å². The molecule has 0 aliphatic carbocycles. The highest BCUT2D eigenvalue weighted by Gasteiger charge is 2.44. The third-order valence-corrected chi connectivity index (χ3v) is 7.86. The zero-order chi connectivity index (χ0) is 36.1. The van der Waals surface area contributed by atoms with Crippen LogP contribution >= 0.6 is 0 Å². The van der Waals surface area contributed by atoms with Crippen LogP contribution in [0, 0.1) is 5.92 Å². The molecule has 2 rings (SSSR count). The number of amides is 4. The van der Waals surface area contributed by atoms with Gasteiger partial charge >= 0.3 is 5.97 Å². The third-order valence-electron chi connectivity index (χ3n) is 7.86. The normalized spacial score (nSPS) is 19.0. The number of hydrogen-bond donors (Lipinski definition) is 9. The van der Waals surface area contributed by atoms with Crippen molar-refractivity contribution in [3.63, 3.8) is 0 Å². The molecule has 1 aromatic rings. The monoisotopic (exact) mass is 678 g/mol. The molecule has 0 spiro atoms. The number of methoxy groups -OCH3 is 1. The summed E-state index contributed by atoms with van der Waals surface area (Å²) in [5.74, 6) is -4.32. The second-order valence-corrected chi connectivity index (χ2v) is 12.3. The summed E-state index contributed by atoms with van der Waals surface area (Å²) in [7, 11) is 1.42. The van der Waals surface area contributed by atoms with Crippen LogP contribution in [0.15, 0.2) is 29.3 Å². The van der Waals surface area contributed by atoms with Crippen LogP contribution in [0.5, 0.6) is 5.75 Å². The molecule has 17 heteroatoms. The molecule has 1 fully saturated rings. The Morgan fingerprint density at radius 1 is 1.02 bits per heavy atom. The number of guanidine groups is 1. The number of phenolic OH excluding ortho intramolecular Hbond substituents is 1. The molecule has 1 saturated heterocycles. The fraction of sp³-hybridized carbons (Fsp3) is 0.613. The van der Waals surface area contributed by atoms with E-state index in [0.29, 0.717) is 12.0 Å². The number of carboxylic acid groups (broad SMARTS) is 1. The molecule has 0 saturated carbocycles. The zero-order valence-corrected chi connectivity index (χ0v) is 27.8. The number of carboxylic acids is 1. The van der Waals surface area contributed by atoms with E-state index in [1.54, 1.807) is 12.1 Å². The van der Waals surface area contributed by atoms with E-state index >= 15 is 0 Å². The fourth-order valence-corrected chi connectivity index (χ4v) is 5.27. The van der Waals surface area contributed by atoms with Gasteiger partial charge < -0.3 is 58.1 Å². The van der Waals surface area contributed by atoms with E-state index in [9.17, 15) is 39.3 Å². The maximum atomic E-state index is 14.0. The maximum absolute atomic E-state index is 14.0. The maximum Gasteiger partial charge on any atom is 0.328 e. The van der Waals surface area contributed by atoms with Gasteiger partial charge in [0.2, 0.25) is 23.6 Å². The Morgan fingerprint density at radius 3 is 2.19 bits per heavy atom. The summed E-state index contributed by atoms with van der Waals surface area (Å²) in [4.78, 5) is 70.9. The Morgan fingerprint density at radius 2 is 1.65 bits per heavy atom. The van der Waals surface area contributed by atoms with Crippen LogP contribution in [0.2, 0.25) is 0 Å². The van der Waals surface area contributed by atoms with Gasteiger partial charge in [-0.25, -0.2) is 4.79 Å². The molecule has 0 bridgehead atoms. The summed E-state index contributed by atoms with van der Waals surface area (Å²) in [6, 6.07) is -0.0130. The van der Waals surface area contributed by atoms with Crippen LogP contribution in [-0.2, 0) is 35.1 Å². The average Bonchev–Trinajstić information content (AvgIpc) is 3.45. The highest BCUT2D eigenvalue weighted by Crippen LogP contribution is 2.23. The van der Waals surface area contributed by atoms with E-state index in [2.05, 4.69) is 20.9 Å². The van der Waals surface area contributed by atoms with Gasteiger partial charge in [-0.05, 0) is 49.8 Å². The van der Waals surface area contributed by atoms with Crippen molar-refractivity contribution >= 4 is 35.6 Å². The average molecular weight is 679 g/mol. The quantitative estimate of drug-likeness (QED) is 0.0458. The number of nitrogens with one attached hydrogen (secondary N) is 3. The van der Waals surface area contributed by atoms with Gasteiger partial charge in [0.15, 0.2) is 12.0 Å². The molecule has 268 valence electrons. The number of hydrogen-bond acceptors (Lipinski definition) is 10. The van der Waals surface area contributed by atoms with Gasteiger partial charge in [0.1, 0.15) is 23.9 Å². The van der Waals surface area contributed by atoms with Crippen molar-refractivity contribution in [2.75, 3.05) is 20.2 Å². The number of aliphatic hydroxyl groups is 1. The molecule has 0 radical (unpaired) electrons. The number of benzene rings is 1. The minimum atomic E-state index is -1.61. The van der Waals surface area contributed by atoms with E-state index in [4.69, 9.17) is 21.9 Å². The lowest BCUT2D eigenvalue weighted by atomic mass is 10.00. The molecule has 0 aromatic heterocycles. The fourth-order valence-electron chi connectivity index (χ4n) is 5.27. The van der Waals surface area contributed by atoms with Crippen molar-refractivity contribution in [2.45, 2.75) is 95.3 Å². The number of nitrogens with two attached hydrogens (primary N) is 3. The van der Waals surface area contributed by atoms with E-state index in [-0.39, 0.29) is 56.4 Å². The summed E-state index contributed by atoms with van der Waals surface area (Å²) < 4.78 is 5.42. The van der Waals surface area contributed by atoms with Crippen molar-refractivity contribution in [3.05, 3.63) is 29.8 Å². The minimum absolute atomic E-state index is 0.00240. The first kappa shape index (κ1) is 39.7. The summed E-state index contributed by atoms with van der Waals surface area (Å²) in [5.41, 5.74) is 17.4. The number of carbonyl (C=O) groups is 5. The Hall–Kier alpha value is -4.48. The number of phenols is 1. The summed E-state index contributed by atoms with van der Waals surface area (Å²) in [6.45, 7) is 5.16. The summed E-state index contributed by atoms with van der Waals surface area (Å²) >= 11 is 0. The highest BCUT2D eigenvalue weighted by molar-refractivity contribution is 5.96. The number of aromatic hydroxyl groups is 1. The number of carbonyl (C=O) groups excluding carboxylic acids is 4.